The van der Waals surface area contributed by atoms with Crippen LogP contribution in [0.15, 0.2) is 40.1 Å². The molecule has 2 heterocycles. The zero-order chi connectivity index (χ0) is 15.4. The fraction of sp³-hybridized carbons (Fsp3) is 0.375. The molecule has 1 aromatic heterocycles. The summed E-state index contributed by atoms with van der Waals surface area (Å²) >= 11 is 1.30. The minimum absolute atomic E-state index is 0.131. The average molecular weight is 320 g/mol. The Balaban J connectivity index is 1.57. The largest absolute Gasteiger partial charge is 0.431 e. The number of benzene rings is 1. The molecule has 0 bridgehead atoms. The van der Waals surface area contributed by atoms with Crippen molar-refractivity contribution in [1.29, 1.82) is 0 Å². The molecule has 6 heteroatoms. The van der Waals surface area contributed by atoms with E-state index >= 15 is 0 Å². The molecule has 0 unspecified atom stereocenters. The Morgan fingerprint density at radius 2 is 1.95 bits per heavy atom. The quantitative estimate of drug-likeness (QED) is 0.808. The van der Waals surface area contributed by atoms with Gasteiger partial charge in [-0.1, -0.05) is 11.8 Å². The lowest BCUT2D eigenvalue weighted by Gasteiger charge is -2.26. The monoisotopic (exact) mass is 320 g/mol. The van der Waals surface area contributed by atoms with Crippen molar-refractivity contribution in [1.82, 2.24) is 9.88 Å². The zero-order valence-corrected chi connectivity index (χ0v) is 12.9. The van der Waals surface area contributed by atoms with Gasteiger partial charge in [0.25, 0.3) is 5.22 Å². The van der Waals surface area contributed by atoms with Gasteiger partial charge in [-0.2, -0.15) is 0 Å². The standard InChI is InChI=1S/C16H17FN2O2S/c17-13-6-4-12(5-7-13)14-10-18-16(21-14)22-11-15(20)19-8-2-1-3-9-19/h4-7,10H,1-3,8-9,11H2. The summed E-state index contributed by atoms with van der Waals surface area (Å²) in [5.74, 6) is 0.757. The van der Waals surface area contributed by atoms with E-state index in [1.54, 1.807) is 18.3 Å². The Bertz CT molecular complexity index is 636. The van der Waals surface area contributed by atoms with Gasteiger partial charge in [-0.3, -0.25) is 4.79 Å². The summed E-state index contributed by atoms with van der Waals surface area (Å²) in [6.45, 7) is 1.71. The van der Waals surface area contributed by atoms with Crippen LogP contribution in [0.2, 0.25) is 0 Å². The summed E-state index contributed by atoms with van der Waals surface area (Å²) < 4.78 is 18.5. The lowest BCUT2D eigenvalue weighted by Crippen LogP contribution is -2.36. The van der Waals surface area contributed by atoms with E-state index in [-0.39, 0.29) is 11.7 Å². The molecule has 1 saturated heterocycles. The molecule has 1 aromatic carbocycles. The van der Waals surface area contributed by atoms with E-state index < -0.39 is 0 Å². The minimum atomic E-state index is -0.287. The predicted octanol–water partition coefficient (Wildman–Crippen LogP) is 3.59. The number of aromatic nitrogens is 1. The van der Waals surface area contributed by atoms with Crippen molar-refractivity contribution < 1.29 is 13.6 Å². The van der Waals surface area contributed by atoms with Gasteiger partial charge in [0.1, 0.15) is 5.82 Å². The van der Waals surface area contributed by atoms with Crippen molar-refractivity contribution >= 4 is 17.7 Å². The summed E-state index contributed by atoms with van der Waals surface area (Å²) in [5.41, 5.74) is 0.767. The molecule has 0 saturated carbocycles. The minimum Gasteiger partial charge on any atom is -0.431 e. The second-order valence-corrected chi connectivity index (χ2v) is 6.15. The topological polar surface area (TPSA) is 46.3 Å². The number of carbonyl (C=O) groups excluding carboxylic acids is 1. The van der Waals surface area contributed by atoms with Gasteiger partial charge in [0.2, 0.25) is 5.91 Å². The number of oxazole rings is 1. The maximum Gasteiger partial charge on any atom is 0.256 e. The molecule has 1 aliphatic heterocycles. The van der Waals surface area contributed by atoms with Crippen LogP contribution in [-0.2, 0) is 4.79 Å². The molecule has 2 aromatic rings. The van der Waals surface area contributed by atoms with Gasteiger partial charge in [0.05, 0.1) is 11.9 Å². The lowest BCUT2D eigenvalue weighted by atomic mass is 10.1. The maximum absolute atomic E-state index is 12.9. The highest BCUT2D eigenvalue weighted by atomic mass is 32.2. The maximum atomic E-state index is 12.9. The van der Waals surface area contributed by atoms with E-state index in [1.807, 2.05) is 4.90 Å². The van der Waals surface area contributed by atoms with Crippen molar-refractivity contribution in [3.05, 3.63) is 36.3 Å². The van der Waals surface area contributed by atoms with Crippen molar-refractivity contribution in [2.45, 2.75) is 24.5 Å². The van der Waals surface area contributed by atoms with Crippen LogP contribution >= 0.6 is 11.8 Å². The first-order valence-corrected chi connectivity index (χ1v) is 8.33. The van der Waals surface area contributed by atoms with E-state index in [2.05, 4.69) is 4.98 Å². The molecule has 1 amide bonds. The van der Waals surface area contributed by atoms with E-state index in [1.165, 1.54) is 30.3 Å². The Morgan fingerprint density at radius 3 is 2.68 bits per heavy atom. The average Bonchev–Trinajstić information content (AvgIpc) is 3.03. The van der Waals surface area contributed by atoms with E-state index in [4.69, 9.17) is 4.42 Å². The third-order valence-corrected chi connectivity index (χ3v) is 4.47. The first-order valence-electron chi connectivity index (χ1n) is 7.35. The molecule has 0 atom stereocenters. The molecule has 1 fully saturated rings. The van der Waals surface area contributed by atoms with Gasteiger partial charge >= 0.3 is 0 Å². The van der Waals surface area contributed by atoms with Gasteiger partial charge in [0, 0.05) is 18.7 Å². The third kappa shape index (κ3) is 3.68. The Kier molecular flexibility index (Phi) is 4.77. The van der Waals surface area contributed by atoms with Gasteiger partial charge in [-0.05, 0) is 43.5 Å². The first-order chi connectivity index (χ1) is 10.7. The number of nitrogens with zero attached hydrogens (tertiary/aromatic N) is 2. The highest BCUT2D eigenvalue weighted by Gasteiger charge is 2.17. The molecule has 0 radical (unpaired) electrons. The van der Waals surface area contributed by atoms with E-state index in [0.29, 0.717) is 16.7 Å². The number of hydrogen-bond acceptors (Lipinski definition) is 4. The van der Waals surface area contributed by atoms with Crippen molar-refractivity contribution in [3.8, 4) is 11.3 Å². The molecule has 22 heavy (non-hydrogen) atoms. The second kappa shape index (κ2) is 6.96. The lowest BCUT2D eigenvalue weighted by molar-refractivity contribution is -0.129. The Morgan fingerprint density at radius 1 is 1.23 bits per heavy atom. The number of piperidine rings is 1. The molecule has 3 rings (SSSR count). The Labute approximate surface area is 132 Å². The predicted molar refractivity (Wildman–Crippen MR) is 83.1 cm³/mol. The van der Waals surface area contributed by atoms with Crippen LogP contribution in [0.25, 0.3) is 11.3 Å². The number of rotatable bonds is 4. The van der Waals surface area contributed by atoms with E-state index in [9.17, 15) is 9.18 Å². The summed E-state index contributed by atoms with van der Waals surface area (Å²) in [7, 11) is 0. The van der Waals surface area contributed by atoms with E-state index in [0.717, 1.165) is 31.5 Å². The van der Waals surface area contributed by atoms with Crippen LogP contribution < -0.4 is 0 Å². The van der Waals surface area contributed by atoms with Gasteiger partial charge in [0.15, 0.2) is 5.76 Å². The number of hydrogen-bond donors (Lipinski definition) is 0. The normalized spacial score (nSPS) is 15.0. The van der Waals surface area contributed by atoms with Gasteiger partial charge in [-0.25, -0.2) is 9.37 Å². The van der Waals surface area contributed by atoms with Crippen molar-refractivity contribution in [3.63, 3.8) is 0 Å². The third-order valence-electron chi connectivity index (χ3n) is 3.64. The first kappa shape index (κ1) is 15.1. The highest BCUT2D eigenvalue weighted by Crippen LogP contribution is 2.26. The van der Waals surface area contributed by atoms with Crippen molar-refractivity contribution in [2.75, 3.05) is 18.8 Å². The van der Waals surface area contributed by atoms with Crippen LogP contribution in [0.1, 0.15) is 19.3 Å². The number of carbonyl (C=O) groups is 1. The molecule has 0 aliphatic carbocycles. The zero-order valence-electron chi connectivity index (χ0n) is 12.1. The molecular formula is C16H17FN2O2S. The molecule has 1 aliphatic rings. The number of thioether (sulfide) groups is 1. The van der Waals surface area contributed by atoms with Gasteiger partial charge in [-0.15, -0.1) is 0 Å². The molecule has 0 spiro atoms. The fourth-order valence-corrected chi connectivity index (χ4v) is 3.14. The Hall–Kier alpha value is -1.82. The molecular weight excluding hydrogens is 303 g/mol. The fourth-order valence-electron chi connectivity index (χ4n) is 2.43. The van der Waals surface area contributed by atoms with Crippen LogP contribution in [0, 0.1) is 5.82 Å². The van der Waals surface area contributed by atoms with Crippen LogP contribution in [0.4, 0.5) is 4.39 Å². The number of halogens is 1. The molecule has 4 nitrogen and oxygen atoms in total. The van der Waals surface area contributed by atoms with Crippen LogP contribution in [0.5, 0.6) is 0 Å². The van der Waals surface area contributed by atoms with Crippen LogP contribution in [-0.4, -0.2) is 34.6 Å². The SMILES string of the molecule is O=C(CSc1ncc(-c2ccc(F)cc2)o1)N1CCCCC1. The smallest absolute Gasteiger partial charge is 0.256 e. The summed E-state index contributed by atoms with van der Waals surface area (Å²) in [6, 6.07) is 6.04. The summed E-state index contributed by atoms with van der Waals surface area (Å²) in [4.78, 5) is 18.1. The second-order valence-electron chi connectivity index (χ2n) is 5.23. The number of amides is 1. The number of likely N-dealkylation sites (tertiary alicyclic amines) is 1. The molecule has 116 valence electrons. The van der Waals surface area contributed by atoms with Gasteiger partial charge < -0.3 is 9.32 Å². The highest BCUT2D eigenvalue weighted by molar-refractivity contribution is 7.99. The summed E-state index contributed by atoms with van der Waals surface area (Å²) in [6.07, 6.45) is 4.98. The van der Waals surface area contributed by atoms with Crippen molar-refractivity contribution in [2.24, 2.45) is 0 Å². The summed E-state index contributed by atoms with van der Waals surface area (Å²) in [5, 5.41) is 0.463. The van der Waals surface area contributed by atoms with Crippen LogP contribution in [0.3, 0.4) is 0 Å². The molecule has 0 N–H and O–H groups in total.